The monoisotopic (exact) mass is 374 g/mol. The van der Waals surface area contributed by atoms with Crippen molar-refractivity contribution < 1.29 is 0 Å². The molecular weight excluding hydrogens is 335 g/mol. The van der Waals surface area contributed by atoms with E-state index in [0.717, 1.165) is 76.4 Å². The van der Waals surface area contributed by atoms with E-state index in [0.29, 0.717) is 16.6 Å². The van der Waals surface area contributed by atoms with Gasteiger partial charge < -0.3 is 0 Å². The van der Waals surface area contributed by atoms with Gasteiger partial charge in [0.2, 0.25) is 0 Å². The predicted molar refractivity (Wildman–Crippen MR) is 114 cm³/mol. The van der Waals surface area contributed by atoms with Crippen LogP contribution in [-0.2, 0) is 0 Å². The van der Waals surface area contributed by atoms with E-state index in [2.05, 4.69) is 27.7 Å². The Hall–Kier alpha value is 0.0649. The van der Waals surface area contributed by atoms with Crippen molar-refractivity contribution in [2.75, 3.05) is 0 Å². The second kappa shape index (κ2) is 4.48. The van der Waals surface area contributed by atoms with Crippen LogP contribution in [0.4, 0.5) is 0 Å². The molecule has 16 unspecified atom stereocenters. The molecule has 150 valence electrons. The van der Waals surface area contributed by atoms with Gasteiger partial charge in [0.05, 0.1) is 7.85 Å². The first-order valence-electron chi connectivity index (χ1n) is 13.2. The Kier molecular flexibility index (Phi) is 2.68. The first kappa shape index (κ1) is 16.7. The molecule has 8 saturated carbocycles. The van der Waals surface area contributed by atoms with Crippen LogP contribution in [0.2, 0.25) is 5.82 Å². The van der Waals surface area contributed by atoms with E-state index >= 15 is 0 Å². The van der Waals surface area contributed by atoms with Gasteiger partial charge in [0.15, 0.2) is 0 Å². The van der Waals surface area contributed by atoms with Gasteiger partial charge in [-0.15, -0.1) is 0 Å². The summed E-state index contributed by atoms with van der Waals surface area (Å²) in [4.78, 5) is 0. The fourth-order valence-electron chi connectivity index (χ4n) is 13.6. The molecule has 0 aromatic rings. The van der Waals surface area contributed by atoms with Gasteiger partial charge in [-0.3, -0.25) is 0 Å². The van der Waals surface area contributed by atoms with Crippen LogP contribution in [0, 0.1) is 87.3 Å². The van der Waals surface area contributed by atoms with Crippen molar-refractivity contribution in [3.05, 3.63) is 0 Å². The maximum Gasteiger partial charge on any atom is 0.0715 e. The summed E-state index contributed by atoms with van der Waals surface area (Å²) >= 11 is 0. The van der Waals surface area contributed by atoms with Crippen molar-refractivity contribution in [1.82, 2.24) is 0 Å². The smallest absolute Gasteiger partial charge is 0.0651 e. The molecule has 0 heterocycles. The van der Waals surface area contributed by atoms with Gasteiger partial charge in [-0.25, -0.2) is 0 Å². The fourth-order valence-corrected chi connectivity index (χ4v) is 13.6. The molecule has 0 aromatic heterocycles. The lowest BCUT2D eigenvalue weighted by Gasteiger charge is -2.72. The molecule has 28 heavy (non-hydrogen) atoms. The number of fused-ring (bicyclic) bond motifs is 3. The van der Waals surface area contributed by atoms with Crippen LogP contribution in [0.3, 0.4) is 0 Å². The molecule has 3 bridgehead atoms. The minimum absolute atomic E-state index is 0.610. The molecule has 8 rings (SSSR count). The molecule has 0 aromatic carbocycles. The second-order valence-corrected chi connectivity index (χ2v) is 13.9. The molecule has 0 saturated heterocycles. The maximum atomic E-state index is 7.39. The van der Waals surface area contributed by atoms with E-state index in [1.54, 1.807) is 32.1 Å². The van der Waals surface area contributed by atoms with Gasteiger partial charge in [0.25, 0.3) is 0 Å². The average molecular weight is 374 g/mol. The van der Waals surface area contributed by atoms with Gasteiger partial charge in [-0.2, -0.15) is 0 Å². The van der Waals surface area contributed by atoms with E-state index in [1.165, 1.54) is 12.8 Å². The first-order chi connectivity index (χ1) is 13.4. The quantitative estimate of drug-likeness (QED) is 0.502. The molecule has 3 spiro atoms. The van der Waals surface area contributed by atoms with Crippen LogP contribution < -0.4 is 0 Å². The molecule has 16 atom stereocenters. The molecule has 2 radical (unpaired) electrons. The molecule has 0 N–H and O–H groups in total. The van der Waals surface area contributed by atoms with Crippen molar-refractivity contribution in [2.24, 2.45) is 87.3 Å². The van der Waals surface area contributed by atoms with Gasteiger partial charge in [0, 0.05) is 0 Å². The predicted octanol–water partition coefficient (Wildman–Crippen LogP) is 6.22. The second-order valence-electron chi connectivity index (χ2n) is 13.9. The van der Waals surface area contributed by atoms with Crippen molar-refractivity contribution in [3.63, 3.8) is 0 Å². The summed E-state index contributed by atoms with van der Waals surface area (Å²) in [6.07, 6.45) is 10.8. The molecule has 1 heteroatoms. The van der Waals surface area contributed by atoms with Gasteiger partial charge in [-0.05, 0) is 126 Å². The summed E-state index contributed by atoms with van der Waals surface area (Å²) in [5, 5.41) is 0. The van der Waals surface area contributed by atoms with Crippen molar-refractivity contribution >= 4 is 7.85 Å². The summed E-state index contributed by atoms with van der Waals surface area (Å²) < 4.78 is 0. The highest BCUT2D eigenvalue weighted by Gasteiger charge is 2.95. The maximum absolute atomic E-state index is 7.39. The molecule has 8 aliphatic rings. The molecule has 0 nitrogen and oxygen atoms in total. The molecule has 0 aliphatic heterocycles. The van der Waals surface area contributed by atoms with E-state index in [-0.39, 0.29) is 0 Å². The summed E-state index contributed by atoms with van der Waals surface area (Å²) in [5.74, 6) is 13.1. The lowest BCUT2D eigenvalue weighted by Crippen LogP contribution is -2.66. The third kappa shape index (κ3) is 1.22. The summed E-state index contributed by atoms with van der Waals surface area (Å²) in [6, 6.07) is 0. The Morgan fingerprint density at radius 1 is 0.857 bits per heavy atom. The highest BCUT2D eigenvalue weighted by atomic mass is 15.0. The molecule has 0 amide bonds. The fraction of sp³-hybridized carbons (Fsp3) is 1.00. The van der Waals surface area contributed by atoms with Crippen LogP contribution in [0.15, 0.2) is 0 Å². The van der Waals surface area contributed by atoms with Crippen molar-refractivity contribution in [2.45, 2.75) is 78.5 Å². The molecule has 8 fully saturated rings. The van der Waals surface area contributed by atoms with Gasteiger partial charge in [0.1, 0.15) is 0 Å². The molecule has 8 aliphatic carbocycles. The van der Waals surface area contributed by atoms with Crippen LogP contribution in [-0.4, -0.2) is 7.85 Å². The normalized spacial score (nSPS) is 70.6. The summed E-state index contributed by atoms with van der Waals surface area (Å²) in [5.41, 5.74) is 2.10. The van der Waals surface area contributed by atoms with E-state index in [9.17, 15) is 0 Å². The third-order valence-corrected chi connectivity index (χ3v) is 14.4. The highest BCUT2D eigenvalue weighted by molar-refractivity contribution is 6.14. The number of rotatable bonds is 5. The van der Waals surface area contributed by atoms with E-state index in [4.69, 9.17) is 7.85 Å². The van der Waals surface area contributed by atoms with Crippen LogP contribution in [0.1, 0.15) is 72.6 Å². The lowest BCUT2D eigenvalue weighted by atomic mass is 9.32. The topological polar surface area (TPSA) is 0 Å². The molecular formula is C27H39B. The Morgan fingerprint density at radius 3 is 2.21 bits per heavy atom. The zero-order valence-corrected chi connectivity index (χ0v) is 18.5. The zero-order chi connectivity index (χ0) is 19.0. The largest absolute Gasteiger partial charge is 0.0715 e. The van der Waals surface area contributed by atoms with Gasteiger partial charge in [-0.1, -0.05) is 39.9 Å². The van der Waals surface area contributed by atoms with Crippen LogP contribution >= 0.6 is 0 Å². The zero-order valence-electron chi connectivity index (χ0n) is 18.5. The lowest BCUT2D eigenvalue weighted by molar-refractivity contribution is -0.244. The number of hydrogen-bond donors (Lipinski definition) is 0. The standard InChI is InChI=1S/C27H39B/c1-5-12(2)6-13(3)14(4)21-17-7-15-8-18-22-19-9-16-10-20-23(21)26(22,11-25(15,17)18)24(28)27(16,19)20/h12-24H,5-11H2,1-4H3. The Labute approximate surface area is 173 Å². The van der Waals surface area contributed by atoms with E-state index in [1.807, 2.05) is 0 Å². The average Bonchev–Trinajstić information content (AvgIpc) is 3.12. The summed E-state index contributed by atoms with van der Waals surface area (Å²) in [7, 11) is 7.39. The minimum Gasteiger partial charge on any atom is -0.0651 e. The highest BCUT2D eigenvalue weighted by Crippen LogP contribution is 3.02. The number of hydrogen-bond acceptors (Lipinski definition) is 0. The SMILES string of the molecule is [B]C1C23CC45C6CC4C(C(C)C(C)CC(C)CC)C2C2CC4CC(C3C5C6)C421. The van der Waals surface area contributed by atoms with Gasteiger partial charge >= 0.3 is 0 Å². The Morgan fingerprint density at radius 2 is 1.54 bits per heavy atom. The summed E-state index contributed by atoms with van der Waals surface area (Å²) in [6.45, 7) is 10.2. The van der Waals surface area contributed by atoms with Crippen molar-refractivity contribution in [3.8, 4) is 0 Å². The van der Waals surface area contributed by atoms with Crippen LogP contribution in [0.25, 0.3) is 0 Å². The van der Waals surface area contributed by atoms with E-state index < -0.39 is 0 Å². The van der Waals surface area contributed by atoms with Crippen molar-refractivity contribution in [1.29, 1.82) is 0 Å². The Balaban J connectivity index is 1.25. The van der Waals surface area contributed by atoms with Crippen LogP contribution in [0.5, 0.6) is 0 Å². The minimum atomic E-state index is 0.610. The first-order valence-corrected chi connectivity index (χ1v) is 13.2. The third-order valence-electron chi connectivity index (χ3n) is 14.4. The Bertz CT molecular complexity index is 774.